The predicted molar refractivity (Wildman–Crippen MR) is 118 cm³/mol. The average Bonchev–Trinajstić information content (AvgIpc) is 3.16. The predicted octanol–water partition coefficient (Wildman–Crippen LogP) is 4.89. The molecule has 29 heavy (non-hydrogen) atoms. The molecule has 0 spiro atoms. The van der Waals surface area contributed by atoms with Gasteiger partial charge in [0.25, 0.3) is 0 Å². The first-order valence-electron chi connectivity index (χ1n) is 9.87. The lowest BCUT2D eigenvalue weighted by Gasteiger charge is -2.24. The molecule has 0 N–H and O–H groups in total. The summed E-state index contributed by atoms with van der Waals surface area (Å²) in [6.45, 7) is 7.47. The van der Waals surface area contributed by atoms with Crippen molar-refractivity contribution in [3.8, 4) is 0 Å². The van der Waals surface area contributed by atoms with Crippen LogP contribution in [0.15, 0.2) is 65.8 Å². The number of hydrogen-bond acceptors (Lipinski definition) is 4. The van der Waals surface area contributed by atoms with Crippen molar-refractivity contribution in [3.63, 3.8) is 0 Å². The number of para-hydroxylation sites is 1. The third kappa shape index (κ3) is 3.60. The number of likely N-dealkylation sites (N-methyl/N-ethyl adjacent to an activating group) is 1. The molecule has 0 bridgehead atoms. The zero-order valence-electron chi connectivity index (χ0n) is 16.9. The Hall–Kier alpha value is -2.86. The number of benzene rings is 2. The number of rotatable bonds is 6. The number of pyridine rings is 1. The lowest BCUT2D eigenvalue weighted by molar-refractivity contribution is -0.130. The minimum Gasteiger partial charge on any atom is -0.342 e. The van der Waals surface area contributed by atoms with Crippen LogP contribution in [0.4, 0.5) is 0 Å². The second kappa shape index (κ2) is 8.25. The van der Waals surface area contributed by atoms with E-state index in [1.807, 2.05) is 67.3 Å². The third-order valence-electron chi connectivity index (χ3n) is 5.20. The van der Waals surface area contributed by atoms with Gasteiger partial charge in [0.1, 0.15) is 5.25 Å². The smallest absolute Gasteiger partial charge is 0.240 e. The summed E-state index contributed by atoms with van der Waals surface area (Å²) in [6.07, 6.45) is 0. The summed E-state index contributed by atoms with van der Waals surface area (Å²) in [7, 11) is 0. The largest absolute Gasteiger partial charge is 0.342 e. The summed E-state index contributed by atoms with van der Waals surface area (Å²) in [5, 5.41) is 10.4. The summed E-state index contributed by atoms with van der Waals surface area (Å²) in [4.78, 5) is 15.2. The first kappa shape index (κ1) is 19.5. The van der Waals surface area contributed by atoms with E-state index in [9.17, 15) is 4.79 Å². The Morgan fingerprint density at radius 3 is 2.45 bits per heavy atom. The minimum atomic E-state index is -0.372. The molecule has 2 aromatic carbocycles. The number of aryl methyl sites for hydroxylation is 1. The highest BCUT2D eigenvalue weighted by Gasteiger charge is 2.28. The van der Waals surface area contributed by atoms with Gasteiger partial charge >= 0.3 is 0 Å². The van der Waals surface area contributed by atoms with Gasteiger partial charge in [0, 0.05) is 18.5 Å². The summed E-state index contributed by atoms with van der Waals surface area (Å²) in [5.74, 6) is 0.0966. The van der Waals surface area contributed by atoms with Crippen molar-refractivity contribution >= 4 is 34.2 Å². The van der Waals surface area contributed by atoms with Gasteiger partial charge in [0.2, 0.25) is 5.91 Å². The van der Waals surface area contributed by atoms with Gasteiger partial charge in [-0.3, -0.25) is 9.20 Å². The van der Waals surface area contributed by atoms with Gasteiger partial charge in [-0.25, -0.2) is 0 Å². The van der Waals surface area contributed by atoms with Crippen molar-refractivity contribution < 1.29 is 4.79 Å². The van der Waals surface area contributed by atoms with E-state index < -0.39 is 0 Å². The fraction of sp³-hybridized carbons (Fsp3) is 0.261. The highest BCUT2D eigenvalue weighted by molar-refractivity contribution is 8.00. The summed E-state index contributed by atoms with van der Waals surface area (Å²) in [6, 6.07) is 20.2. The van der Waals surface area contributed by atoms with E-state index >= 15 is 0 Å². The zero-order chi connectivity index (χ0) is 20.4. The van der Waals surface area contributed by atoms with Crippen LogP contribution in [0.25, 0.3) is 16.6 Å². The Morgan fingerprint density at radius 2 is 1.72 bits per heavy atom. The number of carbonyl (C=O) groups excluding carboxylic acids is 1. The SMILES string of the molecule is CCN(CC)C(=O)C(Sc1nnc2cc(C)c3ccccc3n12)c1ccccc1. The molecule has 6 heteroatoms. The van der Waals surface area contributed by atoms with Crippen LogP contribution in [0.3, 0.4) is 0 Å². The maximum atomic E-state index is 13.3. The Bertz CT molecular complexity index is 1150. The molecule has 148 valence electrons. The molecule has 0 aliphatic carbocycles. The molecule has 0 aliphatic heterocycles. The first-order valence-corrected chi connectivity index (χ1v) is 10.8. The lowest BCUT2D eigenvalue weighted by atomic mass is 10.1. The molecule has 1 amide bonds. The standard InChI is InChI=1S/C23H24N4OS/c1-4-26(5-2)22(28)21(17-11-7-6-8-12-17)29-23-25-24-20-15-16(3)18-13-9-10-14-19(18)27(20)23/h6-15,21H,4-5H2,1-3H3. The number of carbonyl (C=O) groups is 1. The zero-order valence-corrected chi connectivity index (χ0v) is 17.7. The van der Waals surface area contributed by atoms with Crippen molar-refractivity contribution in [2.45, 2.75) is 31.2 Å². The number of nitrogens with zero attached hydrogens (tertiary/aromatic N) is 4. The second-order valence-corrected chi connectivity index (χ2v) is 8.01. The Morgan fingerprint density at radius 1 is 1.03 bits per heavy atom. The first-order chi connectivity index (χ1) is 14.1. The molecule has 0 radical (unpaired) electrons. The Balaban J connectivity index is 1.83. The van der Waals surface area contributed by atoms with Gasteiger partial charge < -0.3 is 4.90 Å². The van der Waals surface area contributed by atoms with Crippen LogP contribution in [0.2, 0.25) is 0 Å². The third-order valence-corrected chi connectivity index (χ3v) is 6.38. The number of amides is 1. The number of thioether (sulfide) groups is 1. The van der Waals surface area contributed by atoms with Crippen LogP contribution in [0.1, 0.15) is 30.2 Å². The van der Waals surface area contributed by atoms with Crippen molar-refractivity contribution in [3.05, 3.63) is 71.8 Å². The highest BCUT2D eigenvalue weighted by Crippen LogP contribution is 2.37. The highest BCUT2D eigenvalue weighted by atomic mass is 32.2. The molecule has 5 nitrogen and oxygen atoms in total. The van der Waals surface area contributed by atoms with Gasteiger partial charge in [0.15, 0.2) is 10.8 Å². The molecule has 1 unspecified atom stereocenters. The quantitative estimate of drug-likeness (QED) is 0.429. The second-order valence-electron chi connectivity index (χ2n) is 6.94. The van der Waals surface area contributed by atoms with Gasteiger partial charge in [-0.1, -0.05) is 60.3 Å². The maximum absolute atomic E-state index is 13.3. The van der Waals surface area contributed by atoms with Crippen LogP contribution in [0.5, 0.6) is 0 Å². The van der Waals surface area contributed by atoms with E-state index in [0.717, 1.165) is 32.8 Å². The van der Waals surface area contributed by atoms with Crippen molar-refractivity contribution in [1.82, 2.24) is 19.5 Å². The van der Waals surface area contributed by atoms with E-state index in [1.54, 1.807) is 0 Å². The molecule has 4 aromatic rings. The van der Waals surface area contributed by atoms with E-state index in [-0.39, 0.29) is 11.2 Å². The van der Waals surface area contributed by atoms with Gasteiger partial charge in [-0.2, -0.15) is 0 Å². The van der Waals surface area contributed by atoms with Gasteiger partial charge in [-0.15, -0.1) is 10.2 Å². The van der Waals surface area contributed by atoms with Gasteiger partial charge in [-0.05, 0) is 44.0 Å². The fourth-order valence-electron chi connectivity index (χ4n) is 3.65. The molecule has 4 rings (SSSR count). The molecule has 0 saturated carbocycles. The molecule has 2 heterocycles. The summed E-state index contributed by atoms with van der Waals surface area (Å²) < 4.78 is 2.05. The van der Waals surface area contributed by atoms with E-state index in [0.29, 0.717) is 13.1 Å². The number of hydrogen-bond donors (Lipinski definition) is 0. The Labute approximate surface area is 174 Å². The fourth-order valence-corrected chi connectivity index (χ4v) is 4.79. The Kier molecular flexibility index (Phi) is 5.53. The molecular weight excluding hydrogens is 380 g/mol. The van der Waals surface area contributed by atoms with Crippen molar-refractivity contribution in [1.29, 1.82) is 0 Å². The van der Waals surface area contributed by atoms with Crippen LogP contribution in [-0.4, -0.2) is 38.5 Å². The number of aromatic nitrogens is 3. The lowest BCUT2D eigenvalue weighted by Crippen LogP contribution is -2.33. The number of fused-ring (bicyclic) bond motifs is 3. The van der Waals surface area contributed by atoms with Crippen LogP contribution in [-0.2, 0) is 4.79 Å². The van der Waals surface area contributed by atoms with Gasteiger partial charge in [0.05, 0.1) is 5.52 Å². The van der Waals surface area contributed by atoms with Crippen LogP contribution in [0, 0.1) is 6.92 Å². The van der Waals surface area contributed by atoms with E-state index in [4.69, 9.17) is 0 Å². The molecule has 0 saturated heterocycles. The molecule has 2 aromatic heterocycles. The molecule has 1 atom stereocenters. The van der Waals surface area contributed by atoms with Crippen LogP contribution < -0.4 is 0 Å². The minimum absolute atomic E-state index is 0.0966. The van der Waals surface area contributed by atoms with E-state index in [1.165, 1.54) is 11.8 Å². The normalized spacial score (nSPS) is 12.4. The summed E-state index contributed by atoms with van der Waals surface area (Å²) >= 11 is 1.46. The summed E-state index contributed by atoms with van der Waals surface area (Å²) in [5.41, 5.74) is 3.99. The maximum Gasteiger partial charge on any atom is 0.240 e. The topological polar surface area (TPSA) is 50.5 Å². The van der Waals surface area contributed by atoms with Crippen molar-refractivity contribution in [2.75, 3.05) is 13.1 Å². The molecular formula is C23H24N4OS. The van der Waals surface area contributed by atoms with Crippen molar-refractivity contribution in [2.24, 2.45) is 0 Å². The average molecular weight is 405 g/mol. The molecule has 0 fully saturated rings. The monoisotopic (exact) mass is 404 g/mol. The van der Waals surface area contributed by atoms with E-state index in [2.05, 4.69) is 33.7 Å². The molecule has 0 aliphatic rings. The van der Waals surface area contributed by atoms with Crippen LogP contribution >= 0.6 is 11.8 Å².